The van der Waals surface area contributed by atoms with E-state index >= 15 is 0 Å². The second-order valence-electron chi connectivity index (χ2n) is 5.43. The summed E-state index contributed by atoms with van der Waals surface area (Å²) in [6.07, 6.45) is 4.88. The van der Waals surface area contributed by atoms with Crippen molar-refractivity contribution in [3.8, 4) is 0 Å². The van der Waals surface area contributed by atoms with Crippen molar-refractivity contribution in [2.24, 2.45) is 0 Å². The summed E-state index contributed by atoms with van der Waals surface area (Å²) in [5.74, 6) is 1.91. The summed E-state index contributed by atoms with van der Waals surface area (Å²) in [5, 5.41) is 11.1. The van der Waals surface area contributed by atoms with Gasteiger partial charge in [-0.1, -0.05) is 5.16 Å². The Morgan fingerprint density at radius 1 is 1.52 bits per heavy atom. The first-order valence-corrected chi connectivity index (χ1v) is 7.37. The minimum absolute atomic E-state index is 0.511. The predicted molar refractivity (Wildman–Crippen MR) is 75.7 cm³/mol. The number of methoxy groups -OCH3 is 1. The molecule has 0 aromatic carbocycles. The number of ether oxygens (including phenoxy) is 1. The molecule has 0 bridgehead atoms. The van der Waals surface area contributed by atoms with Gasteiger partial charge in [-0.05, 0) is 25.5 Å². The van der Waals surface area contributed by atoms with Crippen molar-refractivity contribution < 1.29 is 9.26 Å². The molecule has 7 nitrogen and oxygen atoms in total. The van der Waals surface area contributed by atoms with Gasteiger partial charge in [0.1, 0.15) is 0 Å². The Morgan fingerprint density at radius 2 is 2.48 bits per heavy atom. The number of piperidine rings is 1. The monoisotopic (exact) mass is 291 g/mol. The highest BCUT2D eigenvalue weighted by Crippen LogP contribution is 2.25. The van der Waals surface area contributed by atoms with E-state index in [9.17, 15) is 0 Å². The Bertz CT molecular complexity index is 539. The van der Waals surface area contributed by atoms with E-state index in [1.165, 1.54) is 18.5 Å². The van der Waals surface area contributed by atoms with Crippen LogP contribution in [0, 0.1) is 0 Å². The molecule has 1 aliphatic heterocycles. The Labute approximate surface area is 123 Å². The van der Waals surface area contributed by atoms with Crippen LogP contribution in [0.4, 0.5) is 0 Å². The zero-order valence-electron chi connectivity index (χ0n) is 12.3. The summed E-state index contributed by atoms with van der Waals surface area (Å²) in [4.78, 5) is 6.77. The van der Waals surface area contributed by atoms with Crippen LogP contribution in [0.1, 0.15) is 36.2 Å². The van der Waals surface area contributed by atoms with E-state index in [1.54, 1.807) is 7.11 Å². The number of hydrogen-bond acceptors (Lipinski definition) is 6. The van der Waals surface area contributed by atoms with E-state index in [-0.39, 0.29) is 0 Å². The Morgan fingerprint density at radius 3 is 3.29 bits per heavy atom. The van der Waals surface area contributed by atoms with E-state index in [1.807, 2.05) is 6.20 Å². The van der Waals surface area contributed by atoms with Crippen LogP contribution in [0.2, 0.25) is 0 Å². The molecule has 2 aromatic rings. The van der Waals surface area contributed by atoms with Crippen LogP contribution in [0.3, 0.4) is 0 Å². The third-order valence-electron chi connectivity index (χ3n) is 3.87. The standard InChI is InChI=1S/C14H21N5O2/c1-20-8-5-13-16-14(21-18-13)10-19-7-2-3-11(9-19)12-4-6-15-17-12/h4,6,11H,2-3,5,7-10H2,1H3,(H,15,17). The fourth-order valence-electron chi connectivity index (χ4n) is 2.79. The molecule has 1 unspecified atom stereocenters. The maximum Gasteiger partial charge on any atom is 0.240 e. The minimum Gasteiger partial charge on any atom is -0.384 e. The lowest BCUT2D eigenvalue weighted by atomic mass is 9.95. The molecule has 0 radical (unpaired) electrons. The van der Waals surface area contributed by atoms with Gasteiger partial charge in [-0.3, -0.25) is 10.00 Å². The lowest BCUT2D eigenvalue weighted by Gasteiger charge is -2.30. The van der Waals surface area contributed by atoms with Gasteiger partial charge in [-0.2, -0.15) is 10.1 Å². The predicted octanol–water partition coefficient (Wildman–Crippen LogP) is 1.36. The van der Waals surface area contributed by atoms with Gasteiger partial charge in [0, 0.05) is 37.9 Å². The Hall–Kier alpha value is -1.73. The third kappa shape index (κ3) is 3.68. The van der Waals surface area contributed by atoms with Gasteiger partial charge in [0.25, 0.3) is 0 Å². The molecule has 1 saturated heterocycles. The van der Waals surface area contributed by atoms with Gasteiger partial charge in [0.05, 0.1) is 13.2 Å². The molecule has 1 fully saturated rings. The number of rotatable bonds is 6. The van der Waals surface area contributed by atoms with E-state index in [0.717, 1.165) is 13.1 Å². The Balaban J connectivity index is 1.56. The van der Waals surface area contributed by atoms with Gasteiger partial charge in [-0.25, -0.2) is 0 Å². The second-order valence-corrected chi connectivity index (χ2v) is 5.43. The summed E-state index contributed by atoms with van der Waals surface area (Å²) in [6, 6.07) is 2.06. The third-order valence-corrected chi connectivity index (χ3v) is 3.87. The highest BCUT2D eigenvalue weighted by Gasteiger charge is 2.23. The van der Waals surface area contributed by atoms with Crippen LogP contribution >= 0.6 is 0 Å². The number of aromatic amines is 1. The molecule has 7 heteroatoms. The molecule has 0 saturated carbocycles. The molecule has 2 aromatic heterocycles. The summed E-state index contributed by atoms with van der Waals surface area (Å²) in [7, 11) is 1.67. The van der Waals surface area contributed by atoms with Crippen molar-refractivity contribution in [2.45, 2.75) is 31.7 Å². The second kappa shape index (κ2) is 6.82. The van der Waals surface area contributed by atoms with Gasteiger partial charge >= 0.3 is 0 Å². The maximum atomic E-state index is 5.31. The zero-order valence-corrected chi connectivity index (χ0v) is 12.3. The molecule has 3 rings (SSSR count). The first-order chi connectivity index (χ1) is 10.3. The SMILES string of the molecule is COCCc1noc(CN2CCCC(c3ccn[nH]3)C2)n1. The van der Waals surface area contributed by atoms with Crippen molar-refractivity contribution in [3.63, 3.8) is 0 Å². The summed E-state index contributed by atoms with van der Waals surface area (Å²) in [5.41, 5.74) is 1.21. The van der Waals surface area contributed by atoms with Crippen LogP contribution in [0.15, 0.2) is 16.8 Å². The molecule has 0 aliphatic carbocycles. The highest BCUT2D eigenvalue weighted by molar-refractivity contribution is 5.07. The van der Waals surface area contributed by atoms with E-state index in [2.05, 4.69) is 31.3 Å². The van der Waals surface area contributed by atoms with Crippen LogP contribution in [0.5, 0.6) is 0 Å². The number of nitrogens with zero attached hydrogens (tertiary/aromatic N) is 4. The van der Waals surface area contributed by atoms with Crippen molar-refractivity contribution >= 4 is 0 Å². The molecular weight excluding hydrogens is 270 g/mol. The first kappa shape index (κ1) is 14.2. The molecule has 3 heterocycles. The van der Waals surface area contributed by atoms with Gasteiger partial charge in [-0.15, -0.1) is 0 Å². The molecule has 21 heavy (non-hydrogen) atoms. The van der Waals surface area contributed by atoms with Crippen LogP contribution in [0.25, 0.3) is 0 Å². The number of hydrogen-bond donors (Lipinski definition) is 1. The summed E-state index contributed by atoms with van der Waals surface area (Å²) in [6.45, 7) is 3.40. The maximum absolute atomic E-state index is 5.31. The van der Waals surface area contributed by atoms with Gasteiger partial charge in [0.15, 0.2) is 5.82 Å². The number of aromatic nitrogens is 4. The number of nitrogens with one attached hydrogen (secondary N) is 1. The minimum atomic E-state index is 0.511. The fraction of sp³-hybridized carbons (Fsp3) is 0.643. The van der Waals surface area contributed by atoms with Crippen molar-refractivity contribution in [1.29, 1.82) is 0 Å². The van der Waals surface area contributed by atoms with Crippen molar-refractivity contribution in [1.82, 2.24) is 25.2 Å². The zero-order chi connectivity index (χ0) is 14.5. The average molecular weight is 291 g/mol. The molecular formula is C14H21N5O2. The number of H-pyrrole nitrogens is 1. The molecule has 114 valence electrons. The molecule has 1 aliphatic rings. The number of likely N-dealkylation sites (tertiary alicyclic amines) is 1. The lowest BCUT2D eigenvalue weighted by Crippen LogP contribution is -2.34. The lowest BCUT2D eigenvalue weighted by molar-refractivity contribution is 0.175. The van der Waals surface area contributed by atoms with Crippen LogP contribution in [-0.4, -0.2) is 52.0 Å². The smallest absolute Gasteiger partial charge is 0.240 e. The Kier molecular flexibility index (Phi) is 4.62. The summed E-state index contributed by atoms with van der Waals surface area (Å²) >= 11 is 0. The van der Waals surface area contributed by atoms with Gasteiger partial charge < -0.3 is 9.26 Å². The molecule has 0 amide bonds. The molecule has 1 atom stereocenters. The van der Waals surface area contributed by atoms with E-state index in [4.69, 9.17) is 9.26 Å². The highest BCUT2D eigenvalue weighted by atomic mass is 16.5. The quantitative estimate of drug-likeness (QED) is 0.865. The molecule has 0 spiro atoms. The summed E-state index contributed by atoms with van der Waals surface area (Å²) < 4.78 is 10.3. The normalized spacial score (nSPS) is 20.0. The van der Waals surface area contributed by atoms with Crippen LogP contribution in [-0.2, 0) is 17.7 Å². The van der Waals surface area contributed by atoms with E-state index in [0.29, 0.717) is 37.2 Å². The topological polar surface area (TPSA) is 80.1 Å². The fourth-order valence-corrected chi connectivity index (χ4v) is 2.79. The van der Waals surface area contributed by atoms with E-state index < -0.39 is 0 Å². The molecule has 1 N–H and O–H groups in total. The van der Waals surface area contributed by atoms with Crippen LogP contribution < -0.4 is 0 Å². The first-order valence-electron chi connectivity index (χ1n) is 7.37. The average Bonchev–Trinajstić information content (AvgIpc) is 3.17. The van der Waals surface area contributed by atoms with Crippen molar-refractivity contribution in [3.05, 3.63) is 29.7 Å². The van der Waals surface area contributed by atoms with Crippen molar-refractivity contribution in [2.75, 3.05) is 26.8 Å². The van der Waals surface area contributed by atoms with Gasteiger partial charge in [0.2, 0.25) is 5.89 Å². The largest absolute Gasteiger partial charge is 0.384 e.